The van der Waals surface area contributed by atoms with Crippen molar-refractivity contribution in [3.05, 3.63) is 65.7 Å². The normalized spacial score (nSPS) is 22.0. The van der Waals surface area contributed by atoms with Crippen molar-refractivity contribution in [3.8, 4) is 5.75 Å². The largest absolute Gasteiger partial charge is 0.491 e. The van der Waals surface area contributed by atoms with Crippen molar-refractivity contribution in [1.82, 2.24) is 4.90 Å². The average molecular weight is 352 g/mol. The van der Waals surface area contributed by atoms with E-state index in [1.807, 2.05) is 30.3 Å². The molecule has 0 N–H and O–H groups in total. The molecule has 136 valence electrons. The van der Waals surface area contributed by atoms with Crippen LogP contribution in [0.5, 0.6) is 5.75 Å². The summed E-state index contributed by atoms with van der Waals surface area (Å²) in [4.78, 5) is 8.14. The number of benzene rings is 2. The number of ether oxygens (including phenoxy) is 2. The van der Waals surface area contributed by atoms with Gasteiger partial charge in [-0.3, -0.25) is 4.90 Å². The molecule has 1 fully saturated rings. The maximum atomic E-state index is 5.71. The summed E-state index contributed by atoms with van der Waals surface area (Å²) in [5.74, 6) is 1.24. The molecular formula is C21H24N2O3. The van der Waals surface area contributed by atoms with E-state index in [1.54, 1.807) is 7.11 Å². The number of hydrogen-bond acceptors (Lipinski definition) is 5. The van der Waals surface area contributed by atoms with E-state index in [-0.39, 0.29) is 6.10 Å². The van der Waals surface area contributed by atoms with Gasteiger partial charge in [-0.15, -0.1) is 0 Å². The van der Waals surface area contributed by atoms with Crippen LogP contribution in [-0.2, 0) is 16.1 Å². The molecule has 0 unspecified atom stereocenters. The first-order valence-electron chi connectivity index (χ1n) is 9.05. The van der Waals surface area contributed by atoms with Crippen LogP contribution in [0.4, 0.5) is 0 Å². The second kappa shape index (κ2) is 7.89. The van der Waals surface area contributed by atoms with E-state index < -0.39 is 0 Å². The zero-order valence-corrected chi connectivity index (χ0v) is 15.0. The Hall–Kier alpha value is -2.37. The fourth-order valence-corrected chi connectivity index (χ4v) is 3.65. The lowest BCUT2D eigenvalue weighted by atomic mass is 9.95. The lowest BCUT2D eigenvalue weighted by Crippen LogP contribution is -2.23. The van der Waals surface area contributed by atoms with Crippen molar-refractivity contribution >= 4 is 5.71 Å². The molecule has 0 aliphatic carbocycles. The highest BCUT2D eigenvalue weighted by atomic mass is 16.6. The number of fused-ring (bicyclic) bond motifs is 1. The van der Waals surface area contributed by atoms with Gasteiger partial charge in [0, 0.05) is 26.7 Å². The number of hydrogen-bond donors (Lipinski definition) is 0. The van der Waals surface area contributed by atoms with Gasteiger partial charge in [0.25, 0.3) is 0 Å². The summed E-state index contributed by atoms with van der Waals surface area (Å²) < 4.78 is 10.7. The van der Waals surface area contributed by atoms with Gasteiger partial charge in [-0.25, -0.2) is 0 Å². The van der Waals surface area contributed by atoms with E-state index in [9.17, 15) is 0 Å². The summed E-state index contributed by atoms with van der Waals surface area (Å²) in [6.07, 6.45) is 0.159. The Balaban J connectivity index is 1.38. The van der Waals surface area contributed by atoms with Crippen molar-refractivity contribution in [3.63, 3.8) is 0 Å². The number of likely N-dealkylation sites (tertiary alicyclic amines) is 1. The molecule has 0 radical (unpaired) electrons. The molecule has 0 saturated carbocycles. The zero-order chi connectivity index (χ0) is 17.8. The van der Waals surface area contributed by atoms with E-state index in [1.165, 1.54) is 5.56 Å². The van der Waals surface area contributed by atoms with Crippen LogP contribution in [0.25, 0.3) is 0 Å². The fourth-order valence-electron chi connectivity index (χ4n) is 3.65. The van der Waals surface area contributed by atoms with Crippen molar-refractivity contribution in [1.29, 1.82) is 0 Å². The average Bonchev–Trinajstić information content (AvgIpc) is 3.23. The Morgan fingerprint density at radius 3 is 2.81 bits per heavy atom. The van der Waals surface area contributed by atoms with Crippen LogP contribution in [0.2, 0.25) is 0 Å². The third-order valence-corrected chi connectivity index (χ3v) is 4.91. The Labute approximate surface area is 154 Å². The summed E-state index contributed by atoms with van der Waals surface area (Å²) in [5.41, 5.74) is 3.49. The highest BCUT2D eigenvalue weighted by Crippen LogP contribution is 2.31. The number of methoxy groups -OCH3 is 1. The number of oxime groups is 1. The van der Waals surface area contributed by atoms with Crippen LogP contribution >= 0.6 is 0 Å². The van der Waals surface area contributed by atoms with Gasteiger partial charge in [0.05, 0.1) is 18.2 Å². The topological polar surface area (TPSA) is 43.3 Å². The molecule has 2 aliphatic rings. The Morgan fingerprint density at radius 1 is 1.08 bits per heavy atom. The molecule has 0 bridgehead atoms. The smallest absolute Gasteiger partial charge is 0.149 e. The lowest BCUT2D eigenvalue weighted by Gasteiger charge is -2.17. The molecule has 2 heterocycles. The molecule has 26 heavy (non-hydrogen) atoms. The van der Waals surface area contributed by atoms with Gasteiger partial charge in [-0.2, -0.15) is 0 Å². The van der Waals surface area contributed by atoms with Crippen molar-refractivity contribution in [2.45, 2.75) is 12.6 Å². The molecule has 5 heteroatoms. The Bertz CT molecular complexity index is 763. The molecule has 0 amide bonds. The van der Waals surface area contributed by atoms with Crippen LogP contribution < -0.4 is 4.74 Å². The van der Waals surface area contributed by atoms with E-state index in [0.29, 0.717) is 19.1 Å². The molecule has 2 aromatic rings. The SMILES string of the molecule is COCCOc1cccc(CN2C[C@H]3ON=C(c4ccccc4)[C@@H]3C2)c1. The molecule has 1 saturated heterocycles. The third-order valence-electron chi connectivity index (χ3n) is 4.91. The summed E-state index contributed by atoms with van der Waals surface area (Å²) in [6.45, 7) is 3.92. The van der Waals surface area contributed by atoms with Gasteiger partial charge in [0.2, 0.25) is 0 Å². The predicted octanol–water partition coefficient (Wildman–Crippen LogP) is 2.95. The number of rotatable bonds is 7. The van der Waals surface area contributed by atoms with E-state index >= 15 is 0 Å². The molecule has 5 nitrogen and oxygen atoms in total. The Kier molecular flexibility index (Phi) is 5.18. The monoisotopic (exact) mass is 352 g/mol. The van der Waals surface area contributed by atoms with Gasteiger partial charge < -0.3 is 14.3 Å². The maximum Gasteiger partial charge on any atom is 0.149 e. The predicted molar refractivity (Wildman–Crippen MR) is 100 cm³/mol. The quantitative estimate of drug-likeness (QED) is 0.719. The minimum atomic E-state index is 0.159. The summed E-state index contributed by atoms with van der Waals surface area (Å²) in [6, 6.07) is 18.6. The molecule has 0 aromatic heterocycles. The second-order valence-corrected chi connectivity index (χ2v) is 6.78. The van der Waals surface area contributed by atoms with E-state index in [4.69, 9.17) is 14.3 Å². The van der Waals surface area contributed by atoms with Crippen molar-refractivity contribution in [2.75, 3.05) is 33.4 Å². The van der Waals surface area contributed by atoms with E-state index in [0.717, 1.165) is 36.7 Å². The maximum absolute atomic E-state index is 5.71. The van der Waals surface area contributed by atoms with Crippen LogP contribution in [0, 0.1) is 5.92 Å². The van der Waals surface area contributed by atoms with Gasteiger partial charge in [-0.1, -0.05) is 47.6 Å². The molecule has 0 spiro atoms. The highest BCUT2D eigenvalue weighted by molar-refractivity contribution is 6.03. The Morgan fingerprint density at radius 2 is 1.96 bits per heavy atom. The van der Waals surface area contributed by atoms with Crippen molar-refractivity contribution in [2.24, 2.45) is 11.1 Å². The van der Waals surface area contributed by atoms with Crippen LogP contribution in [0.3, 0.4) is 0 Å². The van der Waals surface area contributed by atoms with Crippen LogP contribution in [-0.4, -0.2) is 50.1 Å². The first kappa shape index (κ1) is 17.1. The van der Waals surface area contributed by atoms with Gasteiger partial charge in [0.15, 0.2) is 0 Å². The number of nitrogens with zero attached hydrogens (tertiary/aromatic N) is 2. The fraction of sp³-hybridized carbons (Fsp3) is 0.381. The van der Waals surface area contributed by atoms with Gasteiger partial charge >= 0.3 is 0 Å². The van der Waals surface area contributed by atoms with Gasteiger partial charge in [-0.05, 0) is 23.3 Å². The second-order valence-electron chi connectivity index (χ2n) is 6.78. The first-order valence-corrected chi connectivity index (χ1v) is 9.05. The zero-order valence-electron chi connectivity index (χ0n) is 15.0. The molecule has 2 atom stereocenters. The molecule has 2 aliphatic heterocycles. The van der Waals surface area contributed by atoms with E-state index in [2.05, 4.69) is 34.3 Å². The van der Waals surface area contributed by atoms with Crippen LogP contribution in [0.1, 0.15) is 11.1 Å². The first-order chi connectivity index (χ1) is 12.8. The summed E-state index contributed by atoms with van der Waals surface area (Å²) in [5, 5.41) is 4.35. The van der Waals surface area contributed by atoms with Gasteiger partial charge in [0.1, 0.15) is 18.5 Å². The molecule has 2 aromatic carbocycles. The molecule has 4 rings (SSSR count). The minimum absolute atomic E-state index is 0.159. The van der Waals surface area contributed by atoms with Crippen LogP contribution in [0.15, 0.2) is 59.8 Å². The van der Waals surface area contributed by atoms with Crippen molar-refractivity contribution < 1.29 is 14.3 Å². The minimum Gasteiger partial charge on any atom is -0.491 e. The lowest BCUT2D eigenvalue weighted by molar-refractivity contribution is 0.0745. The highest BCUT2D eigenvalue weighted by Gasteiger charge is 2.42. The molecular weight excluding hydrogens is 328 g/mol. The summed E-state index contributed by atoms with van der Waals surface area (Å²) >= 11 is 0. The third kappa shape index (κ3) is 3.74. The summed E-state index contributed by atoms with van der Waals surface area (Å²) in [7, 11) is 1.68. The standard InChI is InChI=1S/C21H24N2O3/c1-24-10-11-25-18-9-5-6-16(12-18)13-23-14-19-20(15-23)26-22-21(19)17-7-3-2-4-8-17/h2-9,12,19-20H,10-11,13-15H2,1H3/t19-,20-/m1/s1.